The van der Waals surface area contributed by atoms with Crippen molar-refractivity contribution in [3.05, 3.63) is 54.6 Å². The van der Waals surface area contributed by atoms with Gasteiger partial charge in [0, 0.05) is 17.1 Å². The van der Waals surface area contributed by atoms with Crippen molar-refractivity contribution in [1.29, 1.82) is 0 Å². The van der Waals surface area contributed by atoms with Gasteiger partial charge in [-0.25, -0.2) is 4.79 Å². The number of anilines is 3. The summed E-state index contributed by atoms with van der Waals surface area (Å²) in [5.74, 6) is -0.141. The van der Waals surface area contributed by atoms with Gasteiger partial charge in [-0.2, -0.15) is 0 Å². The Hall–Kier alpha value is -2.86. The molecule has 0 aliphatic carbocycles. The molecule has 0 saturated heterocycles. The fourth-order valence-corrected chi connectivity index (χ4v) is 2.23. The molecule has 5 N–H and O–H groups in total. The van der Waals surface area contributed by atoms with Crippen LogP contribution in [0.1, 0.15) is 20.3 Å². The molecule has 0 fully saturated rings. The molecule has 0 aromatic heterocycles. The minimum Gasteiger partial charge on any atom is -0.325 e. The molecule has 2 unspecified atom stereocenters. The van der Waals surface area contributed by atoms with Crippen molar-refractivity contribution in [3.8, 4) is 0 Å². The van der Waals surface area contributed by atoms with Gasteiger partial charge in [-0.15, -0.1) is 0 Å². The summed E-state index contributed by atoms with van der Waals surface area (Å²) in [6, 6.07) is 15.2. The van der Waals surface area contributed by atoms with Crippen molar-refractivity contribution in [3.63, 3.8) is 0 Å². The summed E-state index contributed by atoms with van der Waals surface area (Å²) >= 11 is 0. The Morgan fingerprint density at radius 1 is 0.920 bits per heavy atom. The number of hydrogen-bond acceptors (Lipinski definition) is 3. The second-order valence-corrected chi connectivity index (χ2v) is 5.93. The van der Waals surface area contributed by atoms with E-state index in [2.05, 4.69) is 16.0 Å². The zero-order valence-electron chi connectivity index (χ0n) is 14.5. The van der Waals surface area contributed by atoms with E-state index >= 15 is 0 Å². The molecule has 2 rings (SSSR count). The van der Waals surface area contributed by atoms with Gasteiger partial charge in [0.1, 0.15) is 0 Å². The lowest BCUT2D eigenvalue weighted by molar-refractivity contribution is -0.118. The smallest absolute Gasteiger partial charge is 0.323 e. The molecule has 25 heavy (non-hydrogen) atoms. The monoisotopic (exact) mass is 340 g/mol. The summed E-state index contributed by atoms with van der Waals surface area (Å²) < 4.78 is 0. The number of para-hydroxylation sites is 1. The van der Waals surface area contributed by atoms with Gasteiger partial charge in [-0.1, -0.05) is 44.5 Å². The number of urea groups is 1. The quantitative estimate of drug-likeness (QED) is 0.646. The third-order valence-corrected chi connectivity index (χ3v) is 3.98. The number of carbonyl (C=O) groups is 2. The summed E-state index contributed by atoms with van der Waals surface area (Å²) in [6.45, 7) is 3.93. The van der Waals surface area contributed by atoms with E-state index in [0.717, 1.165) is 6.42 Å². The first kappa shape index (κ1) is 18.5. The second kappa shape index (κ2) is 8.84. The van der Waals surface area contributed by atoms with Crippen LogP contribution in [0.5, 0.6) is 0 Å². The van der Waals surface area contributed by atoms with Crippen molar-refractivity contribution in [1.82, 2.24) is 0 Å². The molecule has 3 amide bonds. The van der Waals surface area contributed by atoms with Gasteiger partial charge in [-0.3, -0.25) is 4.79 Å². The fraction of sp³-hybridized carbons (Fsp3) is 0.263. The predicted octanol–water partition coefficient (Wildman–Crippen LogP) is 3.64. The van der Waals surface area contributed by atoms with E-state index in [1.54, 1.807) is 36.4 Å². The highest BCUT2D eigenvalue weighted by molar-refractivity contribution is 6.00. The first-order chi connectivity index (χ1) is 12.0. The van der Waals surface area contributed by atoms with Crippen LogP contribution in [0.2, 0.25) is 0 Å². The molecule has 0 radical (unpaired) electrons. The first-order valence-corrected chi connectivity index (χ1v) is 8.29. The van der Waals surface area contributed by atoms with Crippen LogP contribution >= 0.6 is 0 Å². The Labute approximate surface area is 147 Å². The van der Waals surface area contributed by atoms with E-state index < -0.39 is 6.04 Å². The lowest BCUT2D eigenvalue weighted by Crippen LogP contribution is -2.40. The van der Waals surface area contributed by atoms with Crippen LogP contribution in [0.25, 0.3) is 0 Å². The van der Waals surface area contributed by atoms with E-state index in [1.807, 2.05) is 32.0 Å². The topological polar surface area (TPSA) is 96.2 Å². The molecule has 6 nitrogen and oxygen atoms in total. The van der Waals surface area contributed by atoms with Crippen LogP contribution in [0.4, 0.5) is 21.9 Å². The second-order valence-electron chi connectivity index (χ2n) is 5.93. The number of amides is 3. The molecule has 132 valence electrons. The van der Waals surface area contributed by atoms with Crippen LogP contribution in [-0.2, 0) is 4.79 Å². The average molecular weight is 340 g/mol. The van der Waals surface area contributed by atoms with E-state index in [-0.39, 0.29) is 17.9 Å². The highest BCUT2D eigenvalue weighted by Gasteiger charge is 2.19. The van der Waals surface area contributed by atoms with E-state index in [1.165, 1.54) is 0 Å². The standard InChI is InChI=1S/C19H24N4O2/c1-3-13(2)17(20)18(24)21-15-10-7-11-16(12-15)23-19(25)22-14-8-5-4-6-9-14/h4-13,17H,3,20H2,1-2H3,(H,21,24)(H2,22,23,25). The molecule has 2 aromatic carbocycles. The maximum atomic E-state index is 12.2. The first-order valence-electron chi connectivity index (χ1n) is 8.29. The molecule has 2 aromatic rings. The van der Waals surface area contributed by atoms with Gasteiger partial charge in [0.25, 0.3) is 0 Å². The van der Waals surface area contributed by atoms with Gasteiger partial charge < -0.3 is 21.7 Å². The van der Waals surface area contributed by atoms with Crippen molar-refractivity contribution >= 4 is 29.0 Å². The zero-order chi connectivity index (χ0) is 18.2. The lowest BCUT2D eigenvalue weighted by atomic mass is 9.99. The molecular weight excluding hydrogens is 316 g/mol. The van der Waals surface area contributed by atoms with Gasteiger partial charge in [0.05, 0.1) is 6.04 Å². The van der Waals surface area contributed by atoms with Gasteiger partial charge in [0.15, 0.2) is 0 Å². The normalized spacial score (nSPS) is 12.8. The van der Waals surface area contributed by atoms with Gasteiger partial charge in [-0.05, 0) is 36.2 Å². The van der Waals surface area contributed by atoms with Crippen LogP contribution in [-0.4, -0.2) is 18.0 Å². The molecule has 2 atom stereocenters. The van der Waals surface area contributed by atoms with Gasteiger partial charge in [0.2, 0.25) is 5.91 Å². The van der Waals surface area contributed by atoms with Crippen LogP contribution in [0.3, 0.4) is 0 Å². The summed E-state index contributed by atoms with van der Waals surface area (Å²) in [4.78, 5) is 24.2. The molecule has 0 saturated carbocycles. The van der Waals surface area contributed by atoms with Crippen molar-refractivity contribution in [2.75, 3.05) is 16.0 Å². The minimum atomic E-state index is -0.567. The molecule has 0 spiro atoms. The predicted molar refractivity (Wildman–Crippen MR) is 102 cm³/mol. The Morgan fingerprint density at radius 3 is 2.12 bits per heavy atom. The maximum Gasteiger partial charge on any atom is 0.323 e. The Balaban J connectivity index is 1.96. The number of hydrogen-bond donors (Lipinski definition) is 4. The largest absolute Gasteiger partial charge is 0.325 e. The minimum absolute atomic E-state index is 0.0953. The molecule has 0 aliphatic rings. The lowest BCUT2D eigenvalue weighted by Gasteiger charge is -2.18. The van der Waals surface area contributed by atoms with Crippen molar-refractivity contribution in [2.45, 2.75) is 26.3 Å². The fourth-order valence-electron chi connectivity index (χ4n) is 2.23. The third-order valence-electron chi connectivity index (χ3n) is 3.98. The SMILES string of the molecule is CCC(C)C(N)C(=O)Nc1cccc(NC(=O)Nc2ccccc2)c1. The highest BCUT2D eigenvalue weighted by Crippen LogP contribution is 2.17. The summed E-state index contributed by atoms with van der Waals surface area (Å²) in [6.07, 6.45) is 0.829. The summed E-state index contributed by atoms with van der Waals surface area (Å²) in [5, 5.41) is 8.25. The van der Waals surface area contributed by atoms with Crippen LogP contribution < -0.4 is 21.7 Å². The maximum absolute atomic E-state index is 12.2. The van der Waals surface area contributed by atoms with E-state index in [0.29, 0.717) is 17.1 Å². The Kier molecular flexibility index (Phi) is 6.54. The molecule has 0 heterocycles. The number of carbonyl (C=O) groups excluding carboxylic acids is 2. The summed E-state index contributed by atoms with van der Waals surface area (Å²) in [5.41, 5.74) is 7.79. The molecule has 0 bridgehead atoms. The number of rotatable bonds is 6. The summed E-state index contributed by atoms with van der Waals surface area (Å²) in [7, 11) is 0. The van der Waals surface area contributed by atoms with Crippen molar-refractivity contribution in [2.24, 2.45) is 11.7 Å². The highest BCUT2D eigenvalue weighted by atomic mass is 16.2. The Morgan fingerprint density at radius 2 is 1.48 bits per heavy atom. The molecular formula is C19H24N4O2. The van der Waals surface area contributed by atoms with E-state index in [4.69, 9.17) is 5.73 Å². The number of nitrogens with two attached hydrogens (primary N) is 1. The van der Waals surface area contributed by atoms with Crippen LogP contribution in [0, 0.1) is 5.92 Å². The molecule has 0 aliphatic heterocycles. The number of nitrogens with one attached hydrogen (secondary N) is 3. The van der Waals surface area contributed by atoms with E-state index in [9.17, 15) is 9.59 Å². The van der Waals surface area contributed by atoms with Crippen molar-refractivity contribution < 1.29 is 9.59 Å². The van der Waals surface area contributed by atoms with Gasteiger partial charge >= 0.3 is 6.03 Å². The zero-order valence-corrected chi connectivity index (χ0v) is 14.5. The third kappa shape index (κ3) is 5.61. The van der Waals surface area contributed by atoms with Crippen LogP contribution in [0.15, 0.2) is 54.6 Å². The molecule has 6 heteroatoms. The average Bonchev–Trinajstić information content (AvgIpc) is 2.61. The Bertz CT molecular complexity index is 718. The number of benzene rings is 2.